The van der Waals surface area contributed by atoms with Gasteiger partial charge in [0, 0.05) is 12.3 Å². The fourth-order valence-corrected chi connectivity index (χ4v) is 1.10. The minimum Gasteiger partial charge on any atom is -0.478 e. The van der Waals surface area contributed by atoms with Crippen LogP contribution in [0.2, 0.25) is 0 Å². The summed E-state index contributed by atoms with van der Waals surface area (Å²) < 4.78 is 14.0. The van der Waals surface area contributed by atoms with E-state index in [0.717, 1.165) is 6.20 Å². The molecule has 0 fully saturated rings. The molecule has 0 unspecified atom stereocenters. The van der Waals surface area contributed by atoms with Crippen LogP contribution < -0.4 is 0 Å². The zero-order valence-electron chi connectivity index (χ0n) is 7.46. The first-order valence-electron chi connectivity index (χ1n) is 4.06. The number of carboxylic acids is 1. The normalized spacial score (nSPS) is 10.2. The van der Waals surface area contributed by atoms with Gasteiger partial charge in [0.05, 0.1) is 29.8 Å². The summed E-state index contributed by atoms with van der Waals surface area (Å²) in [4.78, 5) is 14.2. The maximum atomic E-state index is 12.8. The Hall–Kier alpha value is -2.24. The second-order valence-electron chi connectivity index (χ2n) is 2.84. The Labute approximate surface area is 83.8 Å². The van der Waals surface area contributed by atoms with Gasteiger partial charge in [-0.05, 0) is 0 Å². The number of hydrogen-bond donors (Lipinski definition) is 1. The van der Waals surface area contributed by atoms with Gasteiger partial charge in [-0.25, -0.2) is 13.9 Å². The number of aromatic carboxylic acids is 1. The molecule has 15 heavy (non-hydrogen) atoms. The highest BCUT2D eigenvalue weighted by Gasteiger charge is 2.07. The monoisotopic (exact) mass is 207 g/mol. The lowest BCUT2D eigenvalue weighted by Crippen LogP contribution is -1.97. The molecule has 0 aliphatic carbocycles. The van der Waals surface area contributed by atoms with Gasteiger partial charge in [-0.3, -0.25) is 4.98 Å². The van der Waals surface area contributed by atoms with Gasteiger partial charge in [0.25, 0.3) is 0 Å². The molecule has 0 amide bonds. The Morgan fingerprint density at radius 3 is 2.80 bits per heavy atom. The van der Waals surface area contributed by atoms with Crippen molar-refractivity contribution in [2.24, 2.45) is 0 Å². The average molecular weight is 207 g/mol. The number of carboxylic acid groups (broad SMARTS) is 1. The topological polar surface area (TPSA) is 68.0 Å². The van der Waals surface area contributed by atoms with E-state index < -0.39 is 11.8 Å². The summed E-state index contributed by atoms with van der Waals surface area (Å²) in [5.74, 6) is -1.58. The molecule has 2 aromatic rings. The Bertz CT molecular complexity index is 510. The van der Waals surface area contributed by atoms with Gasteiger partial charge in [0.15, 0.2) is 0 Å². The molecule has 5 nitrogen and oxygen atoms in total. The molecule has 0 saturated carbocycles. The molecular weight excluding hydrogens is 201 g/mol. The molecule has 0 spiro atoms. The second-order valence-corrected chi connectivity index (χ2v) is 2.84. The fraction of sp³-hybridized carbons (Fsp3) is 0. The van der Waals surface area contributed by atoms with Crippen molar-refractivity contribution in [1.82, 2.24) is 14.8 Å². The summed E-state index contributed by atoms with van der Waals surface area (Å²) in [6.45, 7) is 0. The van der Waals surface area contributed by atoms with E-state index in [1.165, 1.54) is 29.3 Å². The molecule has 0 aliphatic heterocycles. The van der Waals surface area contributed by atoms with Crippen molar-refractivity contribution in [3.05, 3.63) is 42.2 Å². The fourth-order valence-electron chi connectivity index (χ4n) is 1.10. The average Bonchev–Trinajstić information content (AvgIpc) is 2.66. The van der Waals surface area contributed by atoms with E-state index >= 15 is 0 Å². The number of aromatic nitrogens is 3. The summed E-state index contributed by atoms with van der Waals surface area (Å²) in [6, 6.07) is 1.21. The van der Waals surface area contributed by atoms with E-state index in [4.69, 9.17) is 5.11 Å². The smallest absolute Gasteiger partial charge is 0.338 e. The summed E-state index contributed by atoms with van der Waals surface area (Å²) in [5.41, 5.74) is 0.418. The van der Waals surface area contributed by atoms with Crippen molar-refractivity contribution in [3.8, 4) is 5.69 Å². The molecule has 6 heteroatoms. The lowest BCUT2D eigenvalue weighted by molar-refractivity contribution is 0.0697. The summed E-state index contributed by atoms with van der Waals surface area (Å²) in [7, 11) is 0. The molecule has 2 heterocycles. The molecule has 0 atom stereocenters. The lowest BCUT2D eigenvalue weighted by atomic mass is 10.4. The van der Waals surface area contributed by atoms with Crippen LogP contribution in [0.5, 0.6) is 0 Å². The number of rotatable bonds is 2. The maximum Gasteiger partial charge on any atom is 0.338 e. The van der Waals surface area contributed by atoms with E-state index in [1.807, 2.05) is 0 Å². The van der Waals surface area contributed by atoms with Crippen LogP contribution in [0.3, 0.4) is 0 Å². The van der Waals surface area contributed by atoms with Crippen LogP contribution in [0.1, 0.15) is 10.4 Å². The van der Waals surface area contributed by atoms with Gasteiger partial charge in [-0.2, -0.15) is 5.10 Å². The van der Waals surface area contributed by atoms with Gasteiger partial charge < -0.3 is 5.11 Å². The Morgan fingerprint density at radius 1 is 1.40 bits per heavy atom. The van der Waals surface area contributed by atoms with Crippen LogP contribution in [-0.2, 0) is 0 Å². The molecule has 0 aromatic carbocycles. The van der Waals surface area contributed by atoms with Crippen molar-refractivity contribution in [2.45, 2.75) is 0 Å². The Morgan fingerprint density at radius 2 is 2.20 bits per heavy atom. The van der Waals surface area contributed by atoms with Crippen LogP contribution >= 0.6 is 0 Å². The highest BCUT2D eigenvalue weighted by molar-refractivity contribution is 5.86. The molecule has 76 valence electrons. The third kappa shape index (κ3) is 1.83. The van der Waals surface area contributed by atoms with Gasteiger partial charge in [-0.15, -0.1) is 0 Å². The number of pyridine rings is 1. The number of halogens is 1. The van der Waals surface area contributed by atoms with Gasteiger partial charge >= 0.3 is 5.97 Å². The minimum absolute atomic E-state index is 0.0410. The van der Waals surface area contributed by atoms with Crippen molar-refractivity contribution in [2.75, 3.05) is 0 Å². The van der Waals surface area contributed by atoms with Crippen molar-refractivity contribution < 1.29 is 14.3 Å². The summed E-state index contributed by atoms with van der Waals surface area (Å²) >= 11 is 0. The van der Waals surface area contributed by atoms with E-state index in [0.29, 0.717) is 5.69 Å². The van der Waals surface area contributed by atoms with Crippen LogP contribution in [0.25, 0.3) is 5.69 Å². The molecule has 2 aromatic heterocycles. The highest BCUT2D eigenvalue weighted by atomic mass is 19.1. The minimum atomic E-state index is -1.08. The Kier molecular flexibility index (Phi) is 2.17. The number of carbonyl (C=O) groups is 1. The number of nitrogens with zero attached hydrogens (tertiary/aromatic N) is 3. The first kappa shape index (κ1) is 9.32. The quantitative estimate of drug-likeness (QED) is 0.800. The SMILES string of the molecule is O=C(O)c1cnn(-c2cncc(F)c2)c1. The zero-order valence-corrected chi connectivity index (χ0v) is 7.46. The summed E-state index contributed by atoms with van der Waals surface area (Å²) in [6.07, 6.45) is 4.93. The Balaban J connectivity index is 2.41. The van der Waals surface area contributed by atoms with Crippen molar-refractivity contribution >= 4 is 5.97 Å². The van der Waals surface area contributed by atoms with Gasteiger partial charge in [0.1, 0.15) is 5.82 Å². The van der Waals surface area contributed by atoms with Crippen LogP contribution in [0.4, 0.5) is 4.39 Å². The van der Waals surface area contributed by atoms with Gasteiger partial charge in [0.2, 0.25) is 0 Å². The lowest BCUT2D eigenvalue weighted by Gasteiger charge is -1.98. The molecule has 0 saturated heterocycles. The van der Waals surface area contributed by atoms with E-state index in [-0.39, 0.29) is 5.56 Å². The molecular formula is C9H6FN3O2. The standard InChI is InChI=1S/C9H6FN3O2/c10-7-1-8(4-11-3-7)13-5-6(2-12-13)9(14)15/h1-5H,(H,14,15). The van der Waals surface area contributed by atoms with E-state index in [2.05, 4.69) is 10.1 Å². The molecule has 0 aliphatic rings. The predicted molar refractivity (Wildman–Crippen MR) is 48.3 cm³/mol. The van der Waals surface area contributed by atoms with Crippen molar-refractivity contribution in [1.29, 1.82) is 0 Å². The molecule has 1 N–H and O–H groups in total. The third-order valence-electron chi connectivity index (χ3n) is 1.78. The zero-order chi connectivity index (χ0) is 10.8. The molecule has 2 rings (SSSR count). The largest absolute Gasteiger partial charge is 0.478 e. The van der Waals surface area contributed by atoms with Crippen LogP contribution in [0.15, 0.2) is 30.9 Å². The molecule has 0 radical (unpaired) electrons. The first-order chi connectivity index (χ1) is 7.16. The maximum absolute atomic E-state index is 12.8. The third-order valence-corrected chi connectivity index (χ3v) is 1.78. The van der Waals surface area contributed by atoms with Crippen LogP contribution in [-0.4, -0.2) is 25.8 Å². The number of hydrogen-bond acceptors (Lipinski definition) is 3. The highest BCUT2D eigenvalue weighted by Crippen LogP contribution is 2.08. The first-order valence-corrected chi connectivity index (χ1v) is 4.06. The van der Waals surface area contributed by atoms with Crippen molar-refractivity contribution in [3.63, 3.8) is 0 Å². The van der Waals surface area contributed by atoms with Gasteiger partial charge in [-0.1, -0.05) is 0 Å². The molecule has 0 bridgehead atoms. The predicted octanol–water partition coefficient (Wildman–Crippen LogP) is 1.10. The van der Waals surface area contributed by atoms with E-state index in [9.17, 15) is 9.18 Å². The van der Waals surface area contributed by atoms with Crippen LogP contribution in [0, 0.1) is 5.82 Å². The van der Waals surface area contributed by atoms with E-state index in [1.54, 1.807) is 0 Å². The second kappa shape index (κ2) is 3.49. The summed E-state index contributed by atoms with van der Waals surface area (Å²) in [5, 5.41) is 12.4.